The second-order valence-electron chi connectivity index (χ2n) is 7.76. The smallest absolute Gasteiger partial charge is 0.253 e. The molecular formula is C24H24FN3O2. The number of aromatic nitrogens is 2. The van der Waals surface area contributed by atoms with Gasteiger partial charge in [-0.05, 0) is 61.9 Å². The topological polar surface area (TPSA) is 64.1 Å². The Kier molecular flexibility index (Phi) is 5.74. The van der Waals surface area contributed by atoms with Gasteiger partial charge >= 0.3 is 0 Å². The summed E-state index contributed by atoms with van der Waals surface area (Å²) in [4.78, 5) is 20.8. The molecule has 6 heteroatoms. The normalized spacial score (nSPS) is 15.5. The Morgan fingerprint density at radius 1 is 1.17 bits per heavy atom. The molecule has 0 fully saturated rings. The maximum absolute atomic E-state index is 14.3. The van der Waals surface area contributed by atoms with Crippen molar-refractivity contribution in [2.24, 2.45) is 0 Å². The van der Waals surface area contributed by atoms with Gasteiger partial charge in [0.2, 0.25) is 5.88 Å². The number of fused-ring (bicyclic) bond motifs is 1. The van der Waals surface area contributed by atoms with Crippen molar-refractivity contribution in [2.45, 2.75) is 45.3 Å². The number of hydrogen-bond acceptors (Lipinski definition) is 4. The van der Waals surface area contributed by atoms with Gasteiger partial charge in [0.1, 0.15) is 5.82 Å². The molecule has 4 rings (SSSR count). The molecule has 1 aliphatic carbocycles. The van der Waals surface area contributed by atoms with E-state index in [0.29, 0.717) is 23.4 Å². The van der Waals surface area contributed by atoms with Crippen molar-refractivity contribution in [3.63, 3.8) is 0 Å². The Bertz CT molecular complexity index is 1050. The summed E-state index contributed by atoms with van der Waals surface area (Å²) in [6.45, 7) is 3.85. The molecule has 2 heterocycles. The van der Waals surface area contributed by atoms with E-state index in [-0.39, 0.29) is 23.9 Å². The monoisotopic (exact) mass is 405 g/mol. The lowest BCUT2D eigenvalue weighted by Gasteiger charge is -2.27. The third-order valence-electron chi connectivity index (χ3n) is 5.24. The quantitative estimate of drug-likeness (QED) is 0.685. The van der Waals surface area contributed by atoms with Crippen LogP contribution in [-0.4, -0.2) is 28.0 Å². The molecule has 1 amide bonds. The first-order chi connectivity index (χ1) is 14.5. The van der Waals surface area contributed by atoms with E-state index >= 15 is 0 Å². The number of nitrogens with one attached hydrogen (secondary N) is 1. The fourth-order valence-corrected chi connectivity index (χ4v) is 3.85. The number of rotatable bonds is 5. The first-order valence-electron chi connectivity index (χ1n) is 10.2. The molecule has 0 radical (unpaired) electrons. The summed E-state index contributed by atoms with van der Waals surface area (Å²) in [6, 6.07) is 11.1. The number of benzene rings is 1. The van der Waals surface area contributed by atoms with Crippen LogP contribution in [-0.2, 0) is 12.8 Å². The highest BCUT2D eigenvalue weighted by Gasteiger charge is 2.24. The molecule has 0 aliphatic heterocycles. The van der Waals surface area contributed by atoms with E-state index in [1.807, 2.05) is 26.0 Å². The lowest BCUT2D eigenvalue weighted by molar-refractivity contribution is 0.0933. The Morgan fingerprint density at radius 3 is 2.77 bits per heavy atom. The van der Waals surface area contributed by atoms with E-state index < -0.39 is 0 Å². The van der Waals surface area contributed by atoms with Gasteiger partial charge in [0.25, 0.3) is 5.91 Å². The minimum atomic E-state index is -0.341. The van der Waals surface area contributed by atoms with Gasteiger partial charge in [-0.15, -0.1) is 0 Å². The molecule has 5 nitrogen and oxygen atoms in total. The van der Waals surface area contributed by atoms with Crippen molar-refractivity contribution in [3.8, 4) is 17.0 Å². The van der Waals surface area contributed by atoms with Crippen LogP contribution in [0.1, 0.15) is 41.8 Å². The van der Waals surface area contributed by atoms with E-state index in [1.165, 1.54) is 18.0 Å². The van der Waals surface area contributed by atoms with Crippen molar-refractivity contribution < 1.29 is 13.9 Å². The number of hydrogen-bond donors (Lipinski definition) is 1. The van der Waals surface area contributed by atoms with Crippen LogP contribution in [0.25, 0.3) is 11.1 Å². The molecule has 1 atom stereocenters. The molecule has 0 unspecified atom stereocenters. The van der Waals surface area contributed by atoms with Gasteiger partial charge in [-0.3, -0.25) is 9.78 Å². The molecule has 3 aromatic rings. The Morgan fingerprint density at radius 2 is 2.03 bits per heavy atom. The molecule has 0 saturated carbocycles. The average molecular weight is 405 g/mol. The summed E-state index contributed by atoms with van der Waals surface area (Å²) in [5.74, 6) is -0.0105. The van der Waals surface area contributed by atoms with Crippen LogP contribution in [0.3, 0.4) is 0 Å². The van der Waals surface area contributed by atoms with Crippen LogP contribution in [0, 0.1) is 5.82 Å². The number of carbonyl (C=O) groups excluding carboxylic acids is 1. The third kappa shape index (κ3) is 4.32. The van der Waals surface area contributed by atoms with Gasteiger partial charge in [-0.1, -0.05) is 18.2 Å². The molecular weight excluding hydrogens is 381 g/mol. The van der Waals surface area contributed by atoms with Crippen LogP contribution in [0.5, 0.6) is 5.88 Å². The number of halogens is 1. The van der Waals surface area contributed by atoms with Gasteiger partial charge in [-0.2, -0.15) is 0 Å². The predicted molar refractivity (Wildman–Crippen MR) is 113 cm³/mol. The van der Waals surface area contributed by atoms with Crippen LogP contribution in [0.4, 0.5) is 4.39 Å². The van der Waals surface area contributed by atoms with Crippen LogP contribution >= 0.6 is 0 Å². The maximum Gasteiger partial charge on any atom is 0.253 e. The maximum atomic E-state index is 14.3. The summed E-state index contributed by atoms with van der Waals surface area (Å²) in [5.41, 5.74) is 4.18. The summed E-state index contributed by atoms with van der Waals surface area (Å²) < 4.78 is 19.9. The Hall–Kier alpha value is -3.28. The van der Waals surface area contributed by atoms with Crippen molar-refractivity contribution in [2.75, 3.05) is 0 Å². The Balaban J connectivity index is 1.51. The second kappa shape index (κ2) is 8.61. The fourth-order valence-electron chi connectivity index (χ4n) is 3.85. The van der Waals surface area contributed by atoms with E-state index in [0.717, 1.165) is 24.0 Å². The molecule has 1 aliphatic rings. The number of carbonyl (C=O) groups is 1. The zero-order valence-electron chi connectivity index (χ0n) is 17.1. The van der Waals surface area contributed by atoms with Crippen molar-refractivity contribution in [3.05, 3.63) is 77.5 Å². The molecule has 154 valence electrons. The molecule has 0 bridgehead atoms. The largest absolute Gasteiger partial charge is 0.475 e. The fraction of sp³-hybridized carbons (Fsp3) is 0.292. The number of aryl methyl sites for hydroxylation is 1. The zero-order valence-corrected chi connectivity index (χ0v) is 17.1. The van der Waals surface area contributed by atoms with Gasteiger partial charge in [0, 0.05) is 30.1 Å². The number of ether oxygens (including phenoxy) is 1. The molecule has 0 saturated heterocycles. The Labute approximate surface area is 175 Å². The first-order valence-corrected chi connectivity index (χ1v) is 10.2. The van der Waals surface area contributed by atoms with Crippen LogP contribution < -0.4 is 10.1 Å². The molecule has 30 heavy (non-hydrogen) atoms. The third-order valence-corrected chi connectivity index (χ3v) is 5.24. The molecule has 0 spiro atoms. The van der Waals surface area contributed by atoms with Crippen molar-refractivity contribution in [1.29, 1.82) is 0 Å². The second-order valence-corrected chi connectivity index (χ2v) is 7.76. The van der Waals surface area contributed by atoms with Crippen molar-refractivity contribution in [1.82, 2.24) is 15.3 Å². The summed E-state index contributed by atoms with van der Waals surface area (Å²) >= 11 is 0. The van der Waals surface area contributed by atoms with Gasteiger partial charge < -0.3 is 10.1 Å². The first kappa shape index (κ1) is 20.0. The highest BCUT2D eigenvalue weighted by molar-refractivity contribution is 5.94. The SMILES string of the molecule is CC(C)Oc1ccc(C(=O)N[C@@H]2CCc3cccc(-c4ccncc4F)c3C2)cn1. The summed E-state index contributed by atoms with van der Waals surface area (Å²) in [6.07, 6.45) is 6.71. The van der Waals surface area contributed by atoms with Gasteiger partial charge in [-0.25, -0.2) is 9.37 Å². The number of pyridine rings is 2. The average Bonchev–Trinajstić information content (AvgIpc) is 2.74. The number of amides is 1. The predicted octanol–water partition coefficient (Wildman–Crippen LogP) is 4.36. The van der Waals surface area contributed by atoms with E-state index in [1.54, 1.807) is 24.4 Å². The highest BCUT2D eigenvalue weighted by atomic mass is 19.1. The number of nitrogens with zero attached hydrogens (tertiary/aromatic N) is 2. The zero-order chi connectivity index (χ0) is 21.1. The van der Waals surface area contributed by atoms with Crippen LogP contribution in [0.2, 0.25) is 0 Å². The minimum Gasteiger partial charge on any atom is -0.475 e. The van der Waals surface area contributed by atoms with Gasteiger partial charge in [0.15, 0.2) is 0 Å². The van der Waals surface area contributed by atoms with E-state index in [9.17, 15) is 9.18 Å². The van der Waals surface area contributed by atoms with Gasteiger partial charge in [0.05, 0.1) is 17.9 Å². The standard InChI is InChI=1S/C24H24FN3O2/c1-15(2)30-23-9-7-17(13-27-23)24(29)28-18-8-6-16-4-3-5-19(21(16)12-18)20-10-11-26-14-22(20)25/h3-5,7,9-11,13-15,18H,6,8,12H2,1-2H3,(H,28,29)/t18-/m1/s1. The van der Waals surface area contributed by atoms with Crippen molar-refractivity contribution >= 4 is 5.91 Å². The molecule has 1 aromatic carbocycles. The lowest BCUT2D eigenvalue weighted by atomic mass is 9.83. The van der Waals surface area contributed by atoms with Crippen LogP contribution in [0.15, 0.2) is 55.0 Å². The van der Waals surface area contributed by atoms with E-state index in [2.05, 4.69) is 21.4 Å². The minimum absolute atomic E-state index is 0.0253. The highest BCUT2D eigenvalue weighted by Crippen LogP contribution is 2.32. The molecule has 1 N–H and O–H groups in total. The van der Waals surface area contributed by atoms with E-state index in [4.69, 9.17) is 4.74 Å². The lowest BCUT2D eigenvalue weighted by Crippen LogP contribution is -2.39. The summed E-state index contributed by atoms with van der Waals surface area (Å²) in [5, 5.41) is 3.10. The molecule has 2 aromatic heterocycles. The summed E-state index contributed by atoms with van der Waals surface area (Å²) in [7, 11) is 0.